The first kappa shape index (κ1) is 19.7. The molecular formula is C17H20N4O4S2. The number of aromatic nitrogens is 1. The Kier molecular flexibility index (Phi) is 6.38. The van der Waals surface area contributed by atoms with Crippen LogP contribution >= 0.6 is 23.1 Å². The van der Waals surface area contributed by atoms with Crippen LogP contribution in [0.2, 0.25) is 0 Å². The van der Waals surface area contributed by atoms with Crippen molar-refractivity contribution in [1.82, 2.24) is 4.98 Å². The van der Waals surface area contributed by atoms with Crippen LogP contribution in [0, 0.1) is 12.8 Å². The number of esters is 1. The highest BCUT2D eigenvalue weighted by Crippen LogP contribution is 2.30. The molecule has 10 heteroatoms. The number of aryl methyl sites for hydroxylation is 1. The van der Waals surface area contributed by atoms with E-state index < -0.39 is 12.0 Å². The third-order valence-electron chi connectivity index (χ3n) is 4.18. The monoisotopic (exact) mass is 408 g/mol. The van der Waals surface area contributed by atoms with Crippen molar-refractivity contribution in [2.75, 3.05) is 17.7 Å². The molecule has 27 heavy (non-hydrogen) atoms. The van der Waals surface area contributed by atoms with Gasteiger partial charge in [-0.1, -0.05) is 29.5 Å². The Bertz CT molecular complexity index is 831. The van der Waals surface area contributed by atoms with Gasteiger partial charge in [0.05, 0.1) is 23.1 Å². The Morgan fingerprint density at radius 3 is 2.93 bits per heavy atom. The van der Waals surface area contributed by atoms with Gasteiger partial charge in [0.15, 0.2) is 5.13 Å². The fourth-order valence-corrected chi connectivity index (χ4v) is 4.80. The molecule has 0 aromatic carbocycles. The summed E-state index contributed by atoms with van der Waals surface area (Å²) >= 11 is 2.35. The molecule has 1 atom stereocenters. The molecule has 1 aromatic heterocycles. The number of urea groups is 1. The normalized spacial score (nSPS) is 19.0. The summed E-state index contributed by atoms with van der Waals surface area (Å²) in [5.41, 5.74) is 1.41. The molecule has 1 aliphatic heterocycles. The summed E-state index contributed by atoms with van der Waals surface area (Å²) in [5, 5.41) is 3.71. The topological polar surface area (TPSA) is 110 Å². The second-order valence-electron chi connectivity index (χ2n) is 6.12. The second-order valence-corrected chi connectivity index (χ2v) is 8.12. The average molecular weight is 409 g/mol. The molecule has 0 radical (unpaired) electrons. The number of nitrogens with one attached hydrogen (secondary N) is 1. The minimum Gasteiger partial charge on any atom is -0.462 e. The molecule has 2 aliphatic rings. The van der Waals surface area contributed by atoms with E-state index in [2.05, 4.69) is 20.3 Å². The highest BCUT2D eigenvalue weighted by molar-refractivity contribution is 8.14. The van der Waals surface area contributed by atoms with Crippen molar-refractivity contribution in [3.8, 4) is 0 Å². The van der Waals surface area contributed by atoms with Crippen molar-refractivity contribution in [2.45, 2.75) is 39.5 Å². The Morgan fingerprint density at radius 2 is 2.15 bits per heavy atom. The van der Waals surface area contributed by atoms with E-state index in [9.17, 15) is 14.4 Å². The lowest BCUT2D eigenvalue weighted by atomic mass is 9.87. The van der Waals surface area contributed by atoms with Crippen LogP contribution in [0.25, 0.3) is 0 Å². The fraction of sp³-hybridized carbons (Fsp3) is 0.529. The van der Waals surface area contributed by atoms with Crippen LogP contribution in [0.15, 0.2) is 9.98 Å². The van der Waals surface area contributed by atoms with Crippen molar-refractivity contribution in [1.29, 1.82) is 0 Å². The summed E-state index contributed by atoms with van der Waals surface area (Å²) in [5.74, 6) is -0.531. The van der Waals surface area contributed by atoms with Gasteiger partial charge < -0.3 is 10.1 Å². The molecule has 3 rings (SSSR count). The molecule has 1 aromatic rings. The van der Waals surface area contributed by atoms with Crippen LogP contribution < -0.4 is 5.32 Å². The average Bonchev–Trinajstić information content (AvgIpc) is 3.00. The number of aliphatic imine (C=N–C) groups is 2. The first-order valence-corrected chi connectivity index (χ1v) is 10.5. The van der Waals surface area contributed by atoms with Gasteiger partial charge in [-0.15, -0.1) is 0 Å². The predicted molar refractivity (Wildman–Crippen MR) is 106 cm³/mol. The van der Waals surface area contributed by atoms with E-state index in [4.69, 9.17) is 4.74 Å². The van der Waals surface area contributed by atoms with E-state index in [1.165, 1.54) is 11.8 Å². The number of anilines is 1. The second kappa shape index (κ2) is 8.75. The number of hydrogen-bond acceptors (Lipinski definition) is 7. The lowest BCUT2D eigenvalue weighted by molar-refractivity contribution is -0.113. The smallest absolute Gasteiger partial charge is 0.367 e. The largest absolute Gasteiger partial charge is 0.462 e. The summed E-state index contributed by atoms with van der Waals surface area (Å²) in [6.07, 6.45) is 3.83. The van der Waals surface area contributed by atoms with Gasteiger partial charge in [-0.25, -0.2) is 19.6 Å². The summed E-state index contributed by atoms with van der Waals surface area (Å²) < 4.78 is 4.97. The van der Waals surface area contributed by atoms with Crippen molar-refractivity contribution in [3.05, 3.63) is 10.6 Å². The van der Waals surface area contributed by atoms with Gasteiger partial charge in [-0.3, -0.25) is 4.79 Å². The van der Waals surface area contributed by atoms with Crippen molar-refractivity contribution in [3.63, 3.8) is 0 Å². The number of amides is 3. The maximum atomic E-state index is 12.3. The first-order chi connectivity index (χ1) is 13.0. The van der Waals surface area contributed by atoms with Crippen LogP contribution in [0.3, 0.4) is 0 Å². The van der Waals surface area contributed by atoms with Crippen LogP contribution in [-0.4, -0.2) is 46.0 Å². The zero-order valence-electron chi connectivity index (χ0n) is 15.1. The molecule has 1 aliphatic carbocycles. The molecular weight excluding hydrogens is 388 g/mol. The van der Waals surface area contributed by atoms with Crippen LogP contribution in [-0.2, 0) is 9.53 Å². The molecule has 0 saturated heterocycles. The third kappa shape index (κ3) is 4.81. The van der Waals surface area contributed by atoms with Crippen molar-refractivity contribution < 1.29 is 19.1 Å². The molecule has 3 amide bonds. The lowest BCUT2D eigenvalue weighted by Gasteiger charge is -2.26. The van der Waals surface area contributed by atoms with Gasteiger partial charge in [-0.05, 0) is 33.1 Å². The number of ether oxygens (including phenoxy) is 1. The van der Waals surface area contributed by atoms with Gasteiger partial charge in [-0.2, -0.15) is 4.99 Å². The highest BCUT2D eigenvalue weighted by Gasteiger charge is 2.30. The Morgan fingerprint density at radius 1 is 1.33 bits per heavy atom. The number of rotatable bonds is 5. The van der Waals surface area contributed by atoms with E-state index in [-0.39, 0.29) is 24.2 Å². The Balaban J connectivity index is 1.58. The van der Waals surface area contributed by atoms with E-state index in [1.54, 1.807) is 13.8 Å². The van der Waals surface area contributed by atoms with Gasteiger partial charge in [0.25, 0.3) is 0 Å². The maximum absolute atomic E-state index is 12.3. The number of thiazole rings is 1. The minimum absolute atomic E-state index is 0.0618. The maximum Gasteiger partial charge on any atom is 0.367 e. The Labute approximate surface area is 164 Å². The van der Waals surface area contributed by atoms with Crippen LogP contribution in [0.4, 0.5) is 9.93 Å². The van der Waals surface area contributed by atoms with Gasteiger partial charge in [0.2, 0.25) is 5.91 Å². The molecule has 0 spiro atoms. The van der Waals surface area contributed by atoms with Gasteiger partial charge in [0, 0.05) is 11.6 Å². The first-order valence-electron chi connectivity index (χ1n) is 8.75. The predicted octanol–water partition coefficient (Wildman–Crippen LogP) is 3.46. The number of thioether (sulfide) groups is 1. The van der Waals surface area contributed by atoms with Crippen LogP contribution in [0.5, 0.6) is 0 Å². The summed E-state index contributed by atoms with van der Waals surface area (Å²) in [6, 6.07) is -0.485. The van der Waals surface area contributed by atoms with E-state index in [0.29, 0.717) is 20.7 Å². The van der Waals surface area contributed by atoms with E-state index in [1.807, 2.05) is 0 Å². The summed E-state index contributed by atoms with van der Waals surface area (Å²) in [4.78, 5) is 48.4. The fourth-order valence-electron chi connectivity index (χ4n) is 2.98. The van der Waals surface area contributed by atoms with Gasteiger partial charge >= 0.3 is 12.0 Å². The quantitative estimate of drug-likeness (QED) is 0.747. The third-order valence-corrected chi connectivity index (χ3v) is 6.31. The van der Waals surface area contributed by atoms with Crippen molar-refractivity contribution in [2.24, 2.45) is 15.9 Å². The summed E-state index contributed by atoms with van der Waals surface area (Å²) in [7, 11) is 0. The molecule has 1 unspecified atom stereocenters. The summed E-state index contributed by atoms with van der Waals surface area (Å²) in [6.45, 7) is 3.70. The Hall–Kier alpha value is -2.07. The van der Waals surface area contributed by atoms with E-state index in [0.717, 1.165) is 42.7 Å². The minimum atomic E-state index is -0.485. The number of nitrogens with zero attached hydrogens (tertiary/aromatic N) is 3. The number of fused-ring (bicyclic) bond motifs is 1. The molecule has 1 saturated carbocycles. The molecule has 2 heterocycles. The van der Waals surface area contributed by atoms with Crippen molar-refractivity contribution >= 4 is 56.9 Å². The number of hydrogen-bond donors (Lipinski definition) is 1. The molecule has 1 fully saturated rings. The SMILES string of the molecule is CCOC(=O)c1sc(NC(=O)CSC2=NC(=O)N=C3CCCCC32)nc1C. The number of carbonyl (C=O) groups is 3. The standard InChI is InChI=1S/C17H20N4O4S2/c1-3-25-15(23)13-9(2)18-17(27-13)20-12(22)8-26-14-10-6-4-5-7-11(10)19-16(24)21-14/h10H,3-8H2,1-2H3,(H,18,20,22). The zero-order chi connectivity index (χ0) is 19.4. The van der Waals surface area contributed by atoms with E-state index >= 15 is 0 Å². The zero-order valence-corrected chi connectivity index (χ0v) is 16.7. The lowest BCUT2D eigenvalue weighted by Crippen LogP contribution is -2.31. The van der Waals surface area contributed by atoms with Crippen LogP contribution in [0.1, 0.15) is 48.0 Å². The highest BCUT2D eigenvalue weighted by atomic mass is 32.2. The molecule has 1 N–H and O–H groups in total. The van der Waals surface area contributed by atoms with Gasteiger partial charge in [0.1, 0.15) is 4.88 Å². The number of carbonyl (C=O) groups excluding carboxylic acids is 3. The molecule has 8 nitrogen and oxygen atoms in total. The molecule has 0 bridgehead atoms. The molecule has 144 valence electrons.